The molecule has 0 amide bonds. The predicted octanol–water partition coefficient (Wildman–Crippen LogP) is 4.68. The van der Waals surface area contributed by atoms with Crippen molar-refractivity contribution in [3.63, 3.8) is 0 Å². The maximum Gasteiger partial charge on any atom is 0.0438 e. The molecule has 0 saturated carbocycles. The molecule has 0 radical (unpaired) electrons. The van der Waals surface area contributed by atoms with Crippen molar-refractivity contribution in [2.75, 3.05) is 6.54 Å². The van der Waals surface area contributed by atoms with E-state index in [1.54, 1.807) is 11.3 Å². The number of thiophene rings is 1. The summed E-state index contributed by atoms with van der Waals surface area (Å²) < 4.78 is 0. The van der Waals surface area contributed by atoms with Crippen molar-refractivity contribution in [1.29, 1.82) is 0 Å². The molecule has 0 aliphatic heterocycles. The van der Waals surface area contributed by atoms with Gasteiger partial charge in [-0.3, -0.25) is 0 Å². The van der Waals surface area contributed by atoms with E-state index < -0.39 is 0 Å². The lowest BCUT2D eigenvalue weighted by Gasteiger charge is -2.18. The zero-order valence-electron chi connectivity index (χ0n) is 10.5. The quantitative estimate of drug-likeness (QED) is 0.809. The fraction of sp³-hybridized carbons (Fsp3) is 0.333. The molecule has 1 aromatic heterocycles. The van der Waals surface area contributed by atoms with E-state index in [2.05, 4.69) is 35.1 Å². The Hall–Kier alpha value is -0.830. The van der Waals surface area contributed by atoms with Gasteiger partial charge in [0.25, 0.3) is 0 Å². The van der Waals surface area contributed by atoms with Gasteiger partial charge in [-0.1, -0.05) is 36.7 Å². The normalized spacial score (nSPS) is 12.6. The molecule has 1 unspecified atom stereocenters. The zero-order chi connectivity index (χ0) is 12.8. The first kappa shape index (κ1) is 13.6. The number of hydrogen-bond acceptors (Lipinski definition) is 2. The van der Waals surface area contributed by atoms with Crippen LogP contribution in [0.1, 0.15) is 30.5 Å². The van der Waals surface area contributed by atoms with Crippen LogP contribution in [0.3, 0.4) is 0 Å². The van der Waals surface area contributed by atoms with Crippen LogP contribution in [0, 0.1) is 0 Å². The molecule has 3 heteroatoms. The third-order valence-electron chi connectivity index (χ3n) is 2.97. The second kappa shape index (κ2) is 6.93. The van der Waals surface area contributed by atoms with Gasteiger partial charge in [0.15, 0.2) is 0 Å². The zero-order valence-corrected chi connectivity index (χ0v) is 12.1. The highest BCUT2D eigenvalue weighted by molar-refractivity contribution is 7.07. The molecule has 18 heavy (non-hydrogen) atoms. The number of benzene rings is 1. The van der Waals surface area contributed by atoms with Gasteiger partial charge in [0.05, 0.1) is 0 Å². The molecule has 96 valence electrons. The molecule has 2 rings (SSSR count). The van der Waals surface area contributed by atoms with E-state index >= 15 is 0 Å². The lowest BCUT2D eigenvalue weighted by molar-refractivity contribution is 0.530. The highest BCUT2D eigenvalue weighted by Crippen LogP contribution is 2.24. The van der Waals surface area contributed by atoms with Crippen LogP contribution >= 0.6 is 22.9 Å². The van der Waals surface area contributed by atoms with Crippen molar-refractivity contribution in [3.8, 4) is 0 Å². The van der Waals surface area contributed by atoms with Crippen LogP contribution in [0.25, 0.3) is 0 Å². The van der Waals surface area contributed by atoms with Crippen molar-refractivity contribution in [2.45, 2.75) is 25.8 Å². The Kier molecular flexibility index (Phi) is 5.24. The van der Waals surface area contributed by atoms with Gasteiger partial charge in [-0.25, -0.2) is 0 Å². The van der Waals surface area contributed by atoms with E-state index in [0.29, 0.717) is 6.04 Å². The van der Waals surface area contributed by atoms with Crippen LogP contribution in [-0.4, -0.2) is 6.54 Å². The minimum absolute atomic E-state index is 0.357. The van der Waals surface area contributed by atoms with Crippen LogP contribution in [0.5, 0.6) is 0 Å². The Balaban J connectivity index is 2.13. The van der Waals surface area contributed by atoms with Gasteiger partial charge in [-0.05, 0) is 53.4 Å². The van der Waals surface area contributed by atoms with Crippen LogP contribution < -0.4 is 5.32 Å². The molecule has 0 aliphatic rings. The average Bonchev–Trinajstić information content (AvgIpc) is 2.90. The van der Waals surface area contributed by atoms with Crippen molar-refractivity contribution >= 4 is 22.9 Å². The molecule has 1 nitrogen and oxygen atoms in total. The fourth-order valence-electron chi connectivity index (χ4n) is 1.98. The number of halogens is 1. The average molecular weight is 280 g/mol. The van der Waals surface area contributed by atoms with Crippen molar-refractivity contribution in [2.24, 2.45) is 0 Å². The van der Waals surface area contributed by atoms with Gasteiger partial charge in [-0.2, -0.15) is 11.3 Å². The molecule has 0 aliphatic carbocycles. The third kappa shape index (κ3) is 3.58. The van der Waals surface area contributed by atoms with Crippen LogP contribution in [0.15, 0.2) is 41.1 Å². The van der Waals surface area contributed by atoms with Crippen LogP contribution in [0.4, 0.5) is 0 Å². The van der Waals surface area contributed by atoms with Crippen molar-refractivity contribution in [3.05, 3.63) is 57.2 Å². The summed E-state index contributed by atoms with van der Waals surface area (Å²) in [6, 6.07) is 10.6. The molecule has 0 fully saturated rings. The summed E-state index contributed by atoms with van der Waals surface area (Å²) in [4.78, 5) is 0. The summed E-state index contributed by atoms with van der Waals surface area (Å²) in [5.41, 5.74) is 2.56. The van der Waals surface area contributed by atoms with Gasteiger partial charge in [-0.15, -0.1) is 0 Å². The monoisotopic (exact) mass is 279 g/mol. The van der Waals surface area contributed by atoms with Crippen molar-refractivity contribution in [1.82, 2.24) is 5.32 Å². The molecule has 0 saturated heterocycles. The Labute approximate surface area is 118 Å². The van der Waals surface area contributed by atoms with E-state index in [9.17, 15) is 0 Å². The highest BCUT2D eigenvalue weighted by Gasteiger charge is 2.13. The molecule has 1 aromatic carbocycles. The first-order chi connectivity index (χ1) is 8.81. The summed E-state index contributed by atoms with van der Waals surface area (Å²) in [6.45, 7) is 3.22. The van der Waals surface area contributed by atoms with E-state index in [-0.39, 0.29) is 0 Å². The molecule has 0 bridgehead atoms. The van der Waals surface area contributed by atoms with Gasteiger partial charge < -0.3 is 5.32 Å². The number of hydrogen-bond donors (Lipinski definition) is 1. The second-order valence-corrected chi connectivity index (χ2v) is 5.55. The second-order valence-electron chi connectivity index (χ2n) is 4.36. The first-order valence-corrected chi connectivity index (χ1v) is 7.62. The minimum atomic E-state index is 0.357. The van der Waals surface area contributed by atoms with Crippen LogP contribution in [-0.2, 0) is 6.42 Å². The largest absolute Gasteiger partial charge is 0.310 e. The standard InChI is InChI=1S/C15H18ClNS/c1-2-8-17-15(13-7-9-18-11-13)10-12-5-3-4-6-14(12)16/h3-7,9,11,15,17H,2,8,10H2,1H3. The molecule has 2 aromatic rings. The minimum Gasteiger partial charge on any atom is -0.310 e. The number of nitrogens with one attached hydrogen (secondary N) is 1. The van der Waals surface area contributed by atoms with Gasteiger partial charge >= 0.3 is 0 Å². The molecule has 1 N–H and O–H groups in total. The van der Waals surface area contributed by atoms with Gasteiger partial charge in [0, 0.05) is 11.1 Å². The Morgan fingerprint density at radius 2 is 2.11 bits per heavy atom. The lowest BCUT2D eigenvalue weighted by atomic mass is 10.0. The van der Waals surface area contributed by atoms with Crippen molar-refractivity contribution < 1.29 is 0 Å². The topological polar surface area (TPSA) is 12.0 Å². The molecular formula is C15H18ClNS. The Morgan fingerprint density at radius 3 is 2.78 bits per heavy atom. The summed E-state index contributed by atoms with van der Waals surface area (Å²) in [7, 11) is 0. The van der Waals surface area contributed by atoms with Gasteiger partial charge in [0.1, 0.15) is 0 Å². The van der Waals surface area contributed by atoms with E-state index in [0.717, 1.165) is 24.4 Å². The SMILES string of the molecule is CCCNC(Cc1ccccc1Cl)c1ccsc1. The first-order valence-electron chi connectivity index (χ1n) is 6.30. The highest BCUT2D eigenvalue weighted by atomic mass is 35.5. The predicted molar refractivity (Wildman–Crippen MR) is 80.5 cm³/mol. The van der Waals surface area contributed by atoms with Gasteiger partial charge in [0.2, 0.25) is 0 Å². The van der Waals surface area contributed by atoms with E-state index in [1.165, 1.54) is 11.1 Å². The smallest absolute Gasteiger partial charge is 0.0438 e. The molecule has 1 atom stereocenters. The van der Waals surface area contributed by atoms with E-state index in [1.807, 2.05) is 18.2 Å². The molecule has 1 heterocycles. The fourth-order valence-corrected chi connectivity index (χ4v) is 2.91. The third-order valence-corrected chi connectivity index (χ3v) is 4.04. The Morgan fingerprint density at radius 1 is 1.28 bits per heavy atom. The molecule has 0 spiro atoms. The summed E-state index contributed by atoms with van der Waals surface area (Å²) in [5.74, 6) is 0. The summed E-state index contributed by atoms with van der Waals surface area (Å²) in [5, 5.41) is 8.79. The number of rotatable bonds is 6. The lowest BCUT2D eigenvalue weighted by Crippen LogP contribution is -2.23. The summed E-state index contributed by atoms with van der Waals surface area (Å²) in [6.07, 6.45) is 2.08. The van der Waals surface area contributed by atoms with Crippen LogP contribution in [0.2, 0.25) is 5.02 Å². The van der Waals surface area contributed by atoms with E-state index in [4.69, 9.17) is 11.6 Å². The Bertz CT molecular complexity index is 467. The molecular weight excluding hydrogens is 262 g/mol. The maximum atomic E-state index is 6.24. The summed E-state index contributed by atoms with van der Waals surface area (Å²) >= 11 is 7.98. The maximum absolute atomic E-state index is 6.24.